The van der Waals surface area contributed by atoms with E-state index in [1.165, 1.54) is 5.56 Å². The molecule has 2 N–H and O–H groups in total. The third-order valence-corrected chi connectivity index (χ3v) is 2.34. The Morgan fingerprint density at radius 3 is 2.79 bits per heavy atom. The largest absolute Gasteiger partial charge is 0.460 e. The molecule has 0 saturated heterocycles. The number of amidine groups is 1. The standard InChI is InChI=1S/C11H14N2O/c12-11-13-8-10(14-11)7-6-9-4-2-1-3-5-9/h1-5,10H,6-8H2,(H2,12,13). The molecule has 0 radical (unpaired) electrons. The van der Waals surface area contributed by atoms with E-state index in [9.17, 15) is 0 Å². The second-order valence-electron chi connectivity index (χ2n) is 3.44. The van der Waals surface area contributed by atoms with Gasteiger partial charge in [0.15, 0.2) is 0 Å². The molecule has 0 aliphatic carbocycles. The van der Waals surface area contributed by atoms with Crippen LogP contribution in [0.15, 0.2) is 35.3 Å². The zero-order chi connectivity index (χ0) is 9.80. The average Bonchev–Trinajstić information content (AvgIpc) is 2.63. The number of ether oxygens (including phenoxy) is 1. The summed E-state index contributed by atoms with van der Waals surface area (Å²) in [5.74, 6) is 0. The first-order chi connectivity index (χ1) is 6.84. The van der Waals surface area contributed by atoms with Gasteiger partial charge in [-0.2, -0.15) is 0 Å². The number of aliphatic imine (C=N–C) groups is 1. The number of nitrogens with zero attached hydrogens (tertiary/aromatic N) is 1. The summed E-state index contributed by atoms with van der Waals surface area (Å²) in [7, 11) is 0. The molecule has 1 aromatic carbocycles. The van der Waals surface area contributed by atoms with Crippen LogP contribution in [-0.4, -0.2) is 18.7 Å². The summed E-state index contributed by atoms with van der Waals surface area (Å²) in [5, 5.41) is 0. The lowest BCUT2D eigenvalue weighted by Gasteiger charge is -2.08. The Bertz CT molecular complexity index is 321. The molecule has 0 aromatic heterocycles. The molecule has 0 fully saturated rings. The molecule has 0 spiro atoms. The molecule has 2 rings (SSSR count). The lowest BCUT2D eigenvalue weighted by molar-refractivity contribution is 0.210. The number of rotatable bonds is 3. The van der Waals surface area contributed by atoms with Gasteiger partial charge in [0, 0.05) is 0 Å². The van der Waals surface area contributed by atoms with E-state index in [1.54, 1.807) is 0 Å². The maximum Gasteiger partial charge on any atom is 0.282 e. The molecule has 1 atom stereocenters. The predicted octanol–water partition coefficient (Wildman–Crippen LogP) is 1.33. The van der Waals surface area contributed by atoms with Gasteiger partial charge in [-0.1, -0.05) is 30.3 Å². The quantitative estimate of drug-likeness (QED) is 0.781. The molecular weight excluding hydrogens is 176 g/mol. The van der Waals surface area contributed by atoms with Gasteiger partial charge < -0.3 is 10.5 Å². The molecule has 14 heavy (non-hydrogen) atoms. The van der Waals surface area contributed by atoms with Gasteiger partial charge >= 0.3 is 0 Å². The maximum absolute atomic E-state index is 5.42. The summed E-state index contributed by atoms with van der Waals surface area (Å²) in [4.78, 5) is 4.00. The minimum absolute atomic E-state index is 0.176. The molecule has 1 aromatic rings. The van der Waals surface area contributed by atoms with E-state index in [4.69, 9.17) is 10.5 Å². The maximum atomic E-state index is 5.42. The van der Waals surface area contributed by atoms with Crippen LogP contribution in [0.25, 0.3) is 0 Å². The summed E-state index contributed by atoms with van der Waals surface area (Å²) in [6, 6.07) is 10.7. The summed E-state index contributed by atoms with van der Waals surface area (Å²) < 4.78 is 5.31. The number of nitrogens with two attached hydrogens (primary N) is 1. The Hall–Kier alpha value is -1.51. The number of hydrogen-bond acceptors (Lipinski definition) is 3. The molecule has 1 aliphatic heterocycles. The third-order valence-electron chi connectivity index (χ3n) is 2.34. The summed E-state index contributed by atoms with van der Waals surface area (Å²) in [6.07, 6.45) is 2.18. The Labute approximate surface area is 83.6 Å². The van der Waals surface area contributed by atoms with Gasteiger partial charge in [0.2, 0.25) is 0 Å². The van der Waals surface area contributed by atoms with Gasteiger partial charge in [0.25, 0.3) is 6.02 Å². The van der Waals surface area contributed by atoms with E-state index in [-0.39, 0.29) is 6.10 Å². The zero-order valence-electron chi connectivity index (χ0n) is 8.02. The molecule has 74 valence electrons. The first kappa shape index (κ1) is 9.06. The van der Waals surface area contributed by atoms with Crippen molar-refractivity contribution in [3.8, 4) is 0 Å². The third kappa shape index (κ3) is 2.25. The fraction of sp³-hybridized carbons (Fsp3) is 0.364. The van der Waals surface area contributed by atoms with Crippen LogP contribution in [-0.2, 0) is 11.2 Å². The van der Waals surface area contributed by atoms with Crippen LogP contribution >= 0.6 is 0 Å². The number of aryl methyl sites for hydroxylation is 1. The normalized spacial score (nSPS) is 20.3. The topological polar surface area (TPSA) is 47.6 Å². The van der Waals surface area contributed by atoms with E-state index < -0.39 is 0 Å². The highest BCUT2D eigenvalue weighted by Crippen LogP contribution is 2.10. The van der Waals surface area contributed by atoms with E-state index in [0.29, 0.717) is 12.6 Å². The van der Waals surface area contributed by atoms with Crippen LogP contribution in [0.4, 0.5) is 0 Å². The molecule has 1 heterocycles. The molecule has 1 aliphatic rings. The summed E-state index contributed by atoms with van der Waals surface area (Å²) >= 11 is 0. The predicted molar refractivity (Wildman–Crippen MR) is 56.1 cm³/mol. The Morgan fingerprint density at radius 1 is 1.36 bits per heavy atom. The summed E-state index contributed by atoms with van der Waals surface area (Å²) in [5.41, 5.74) is 6.76. The fourth-order valence-corrected chi connectivity index (χ4v) is 1.56. The van der Waals surface area contributed by atoms with Crippen molar-refractivity contribution in [2.75, 3.05) is 6.54 Å². The summed E-state index contributed by atoms with van der Waals surface area (Å²) in [6.45, 7) is 0.707. The van der Waals surface area contributed by atoms with E-state index >= 15 is 0 Å². The van der Waals surface area contributed by atoms with Gasteiger partial charge in [-0.05, 0) is 18.4 Å². The monoisotopic (exact) mass is 190 g/mol. The first-order valence-corrected chi connectivity index (χ1v) is 4.85. The minimum Gasteiger partial charge on any atom is -0.460 e. The van der Waals surface area contributed by atoms with Crippen LogP contribution in [0.2, 0.25) is 0 Å². The van der Waals surface area contributed by atoms with Crippen molar-refractivity contribution in [3.63, 3.8) is 0 Å². The Balaban J connectivity index is 1.79. The van der Waals surface area contributed by atoms with Crippen LogP contribution < -0.4 is 5.73 Å². The van der Waals surface area contributed by atoms with Gasteiger partial charge in [-0.25, -0.2) is 4.99 Å². The van der Waals surface area contributed by atoms with Gasteiger partial charge in [-0.15, -0.1) is 0 Å². The first-order valence-electron chi connectivity index (χ1n) is 4.85. The van der Waals surface area contributed by atoms with E-state index in [0.717, 1.165) is 12.8 Å². The molecular formula is C11H14N2O. The van der Waals surface area contributed by atoms with Crippen molar-refractivity contribution in [1.82, 2.24) is 0 Å². The van der Waals surface area contributed by atoms with Gasteiger partial charge in [0.05, 0.1) is 6.54 Å². The smallest absolute Gasteiger partial charge is 0.282 e. The zero-order valence-corrected chi connectivity index (χ0v) is 8.02. The fourth-order valence-electron chi connectivity index (χ4n) is 1.56. The second-order valence-corrected chi connectivity index (χ2v) is 3.44. The van der Waals surface area contributed by atoms with Crippen molar-refractivity contribution in [3.05, 3.63) is 35.9 Å². The SMILES string of the molecule is NC1=NCC(CCc2ccccc2)O1. The van der Waals surface area contributed by atoms with Gasteiger partial charge in [0.1, 0.15) is 6.10 Å². The van der Waals surface area contributed by atoms with Crippen molar-refractivity contribution in [2.24, 2.45) is 10.7 Å². The van der Waals surface area contributed by atoms with Crippen molar-refractivity contribution >= 4 is 6.02 Å². The minimum atomic E-state index is 0.176. The molecule has 3 heteroatoms. The highest BCUT2D eigenvalue weighted by Gasteiger charge is 2.16. The van der Waals surface area contributed by atoms with E-state index in [1.807, 2.05) is 6.07 Å². The van der Waals surface area contributed by atoms with Crippen LogP contribution in [0.3, 0.4) is 0 Å². The van der Waals surface area contributed by atoms with Gasteiger partial charge in [-0.3, -0.25) is 0 Å². The molecule has 0 amide bonds. The van der Waals surface area contributed by atoms with Crippen molar-refractivity contribution < 1.29 is 4.74 Å². The lowest BCUT2D eigenvalue weighted by atomic mass is 10.1. The molecule has 0 saturated carbocycles. The number of hydrogen-bond donors (Lipinski definition) is 1. The lowest BCUT2D eigenvalue weighted by Crippen LogP contribution is -2.18. The Morgan fingerprint density at radius 2 is 2.14 bits per heavy atom. The average molecular weight is 190 g/mol. The molecule has 0 bridgehead atoms. The van der Waals surface area contributed by atoms with Crippen molar-refractivity contribution in [1.29, 1.82) is 0 Å². The van der Waals surface area contributed by atoms with Crippen molar-refractivity contribution in [2.45, 2.75) is 18.9 Å². The highest BCUT2D eigenvalue weighted by atomic mass is 16.5. The van der Waals surface area contributed by atoms with E-state index in [2.05, 4.69) is 29.3 Å². The highest BCUT2D eigenvalue weighted by molar-refractivity contribution is 5.72. The molecule has 1 unspecified atom stereocenters. The second kappa shape index (κ2) is 4.13. The van der Waals surface area contributed by atoms with Crippen LogP contribution in [0, 0.1) is 0 Å². The molecule has 3 nitrogen and oxygen atoms in total. The van der Waals surface area contributed by atoms with Crippen LogP contribution in [0.1, 0.15) is 12.0 Å². The Kier molecular flexibility index (Phi) is 2.68. The van der Waals surface area contributed by atoms with Crippen LogP contribution in [0.5, 0.6) is 0 Å². The number of benzene rings is 1.